The van der Waals surface area contributed by atoms with Gasteiger partial charge in [-0.25, -0.2) is 8.60 Å². The van der Waals surface area contributed by atoms with Gasteiger partial charge in [-0.3, -0.25) is 4.98 Å². The fourth-order valence-corrected chi connectivity index (χ4v) is 5.79. The van der Waals surface area contributed by atoms with Crippen molar-refractivity contribution in [3.8, 4) is 23.0 Å². The summed E-state index contributed by atoms with van der Waals surface area (Å²) in [6.45, 7) is 6.24. The molecule has 1 aliphatic heterocycles. The third kappa shape index (κ3) is 6.51. The molecule has 0 spiro atoms. The number of pyridine rings is 1. The molecule has 7 nitrogen and oxygen atoms in total. The van der Waals surface area contributed by atoms with Crippen LogP contribution in [0.25, 0.3) is 10.9 Å². The van der Waals surface area contributed by atoms with Crippen molar-refractivity contribution in [3.63, 3.8) is 0 Å². The molecule has 37 heavy (non-hydrogen) atoms. The van der Waals surface area contributed by atoms with E-state index in [1.165, 1.54) is 25.0 Å². The van der Waals surface area contributed by atoms with Gasteiger partial charge < -0.3 is 23.8 Å². The lowest BCUT2D eigenvalue weighted by Crippen LogP contribution is -2.35. The predicted octanol–water partition coefficient (Wildman–Crippen LogP) is 5.91. The van der Waals surface area contributed by atoms with Gasteiger partial charge >= 0.3 is 0 Å². The van der Waals surface area contributed by atoms with Crippen molar-refractivity contribution >= 4 is 27.6 Å². The second kappa shape index (κ2) is 11.6. The van der Waals surface area contributed by atoms with Gasteiger partial charge in [0.05, 0.1) is 24.5 Å². The van der Waals surface area contributed by atoms with Crippen LogP contribution in [0, 0.1) is 11.7 Å². The lowest BCUT2D eigenvalue weighted by molar-refractivity contribution is 0.169. The number of aromatic nitrogens is 1. The summed E-state index contributed by atoms with van der Waals surface area (Å²) < 4.78 is 47.4. The van der Waals surface area contributed by atoms with Gasteiger partial charge in [-0.05, 0) is 68.8 Å². The van der Waals surface area contributed by atoms with Gasteiger partial charge in [-0.2, -0.15) is 0 Å². The highest BCUT2D eigenvalue weighted by Gasteiger charge is 2.28. The number of ether oxygens (including phenoxy) is 3. The first-order valence-electron chi connectivity index (χ1n) is 13.0. The number of fused-ring (bicyclic) bond motifs is 1. The molecule has 5 rings (SSSR count). The molecular formula is C28H34FN3O4S. The molecule has 2 heterocycles. The Labute approximate surface area is 219 Å². The Hall–Kier alpha value is -2.91. The monoisotopic (exact) mass is 527 g/mol. The van der Waals surface area contributed by atoms with Gasteiger partial charge in [-0.1, -0.05) is 6.92 Å². The molecule has 198 valence electrons. The van der Waals surface area contributed by atoms with E-state index in [-0.39, 0.29) is 11.0 Å². The maximum Gasteiger partial charge on any atom is 0.167 e. The summed E-state index contributed by atoms with van der Waals surface area (Å²) >= 11 is 0. The molecule has 1 saturated carbocycles. The van der Waals surface area contributed by atoms with Crippen molar-refractivity contribution in [2.24, 2.45) is 5.92 Å². The SMILES string of the molecule is COc1cc2c(Oc3ccc(NS(=O)C4CC4)cc3F)ccnc2cc1OCCCN1CCCC(C)C1. The number of benzene rings is 2. The molecule has 1 N–H and O–H groups in total. The van der Waals surface area contributed by atoms with E-state index in [1.54, 1.807) is 25.4 Å². The predicted molar refractivity (Wildman–Crippen MR) is 145 cm³/mol. The summed E-state index contributed by atoms with van der Waals surface area (Å²) in [6.07, 6.45) is 7.01. The molecule has 2 fully saturated rings. The van der Waals surface area contributed by atoms with E-state index in [1.807, 2.05) is 12.1 Å². The highest BCUT2D eigenvalue weighted by Crippen LogP contribution is 2.38. The fraction of sp³-hybridized carbons (Fsp3) is 0.464. The van der Waals surface area contributed by atoms with Gasteiger partial charge in [0.2, 0.25) is 0 Å². The Balaban J connectivity index is 1.26. The Morgan fingerprint density at radius 2 is 1.97 bits per heavy atom. The van der Waals surface area contributed by atoms with Crippen LogP contribution in [0.3, 0.4) is 0 Å². The van der Waals surface area contributed by atoms with Gasteiger partial charge in [0, 0.05) is 42.5 Å². The molecule has 1 aromatic heterocycles. The molecule has 2 unspecified atom stereocenters. The molecule has 0 amide bonds. The zero-order valence-corrected chi connectivity index (χ0v) is 22.2. The maximum absolute atomic E-state index is 14.8. The van der Waals surface area contributed by atoms with Crippen LogP contribution in [0.1, 0.15) is 39.0 Å². The average Bonchev–Trinajstić information content (AvgIpc) is 3.74. The smallest absolute Gasteiger partial charge is 0.167 e. The van der Waals surface area contributed by atoms with Crippen LogP contribution in [0.2, 0.25) is 0 Å². The molecule has 0 bridgehead atoms. The van der Waals surface area contributed by atoms with Crippen LogP contribution in [0.5, 0.6) is 23.0 Å². The van der Waals surface area contributed by atoms with Crippen molar-refractivity contribution in [2.45, 2.75) is 44.3 Å². The minimum atomic E-state index is -1.19. The molecule has 2 atom stereocenters. The Bertz CT molecular complexity index is 1270. The van der Waals surface area contributed by atoms with Crippen molar-refractivity contribution < 1.29 is 22.8 Å². The normalized spacial score (nSPS) is 18.9. The zero-order valence-electron chi connectivity index (χ0n) is 21.4. The van der Waals surface area contributed by atoms with E-state index in [0.29, 0.717) is 40.4 Å². The van der Waals surface area contributed by atoms with Crippen molar-refractivity contribution in [1.29, 1.82) is 0 Å². The second-order valence-corrected chi connectivity index (χ2v) is 11.4. The third-order valence-corrected chi connectivity index (χ3v) is 8.32. The Morgan fingerprint density at radius 3 is 2.73 bits per heavy atom. The summed E-state index contributed by atoms with van der Waals surface area (Å²) in [7, 11) is 0.405. The lowest BCUT2D eigenvalue weighted by atomic mass is 10.0. The summed E-state index contributed by atoms with van der Waals surface area (Å²) in [5, 5.41) is 0.843. The highest BCUT2D eigenvalue weighted by molar-refractivity contribution is 7.87. The van der Waals surface area contributed by atoms with E-state index in [4.69, 9.17) is 14.2 Å². The van der Waals surface area contributed by atoms with Crippen LogP contribution < -0.4 is 18.9 Å². The number of nitrogens with one attached hydrogen (secondary N) is 1. The molecule has 0 radical (unpaired) electrons. The quantitative estimate of drug-likeness (QED) is 0.313. The van der Waals surface area contributed by atoms with Crippen LogP contribution in [0.15, 0.2) is 42.6 Å². The minimum absolute atomic E-state index is 0.0709. The first-order valence-corrected chi connectivity index (χ1v) is 14.2. The second-order valence-electron chi connectivity index (χ2n) is 9.93. The number of methoxy groups -OCH3 is 1. The lowest BCUT2D eigenvalue weighted by Gasteiger charge is -2.30. The summed E-state index contributed by atoms with van der Waals surface area (Å²) in [4.78, 5) is 6.97. The molecule has 3 aromatic rings. The van der Waals surface area contributed by atoms with Crippen molar-refractivity contribution in [2.75, 3.05) is 38.1 Å². The maximum atomic E-state index is 14.8. The molecule has 2 aromatic carbocycles. The molecule has 2 aliphatic rings. The van der Waals surface area contributed by atoms with Gasteiger partial charge in [-0.15, -0.1) is 0 Å². The molecule has 9 heteroatoms. The van der Waals surface area contributed by atoms with Gasteiger partial charge in [0.25, 0.3) is 0 Å². The van der Waals surface area contributed by atoms with Gasteiger partial charge in [0.15, 0.2) is 23.1 Å². The summed E-state index contributed by atoms with van der Waals surface area (Å²) in [6, 6.07) is 9.84. The van der Waals surface area contributed by atoms with E-state index in [2.05, 4.69) is 21.5 Å². The van der Waals surface area contributed by atoms with Crippen LogP contribution in [-0.2, 0) is 11.0 Å². The Kier molecular flexibility index (Phi) is 8.10. The van der Waals surface area contributed by atoms with E-state index in [0.717, 1.165) is 44.8 Å². The van der Waals surface area contributed by atoms with E-state index < -0.39 is 16.8 Å². The number of likely N-dealkylation sites (tertiary alicyclic amines) is 1. The number of piperidine rings is 1. The van der Waals surface area contributed by atoms with E-state index >= 15 is 0 Å². The number of hydrogen-bond donors (Lipinski definition) is 1. The number of rotatable bonds is 11. The summed E-state index contributed by atoms with van der Waals surface area (Å²) in [5.41, 5.74) is 1.13. The fourth-order valence-electron chi connectivity index (χ4n) is 4.70. The van der Waals surface area contributed by atoms with Crippen LogP contribution in [-0.4, -0.2) is 52.7 Å². The van der Waals surface area contributed by atoms with E-state index in [9.17, 15) is 8.60 Å². The van der Waals surface area contributed by atoms with Crippen molar-refractivity contribution in [1.82, 2.24) is 9.88 Å². The zero-order chi connectivity index (χ0) is 25.8. The standard InChI is InChI=1S/C28H34FN3O4S/c1-19-5-3-12-32(18-19)13-4-14-35-28-17-24-22(16-27(28)34-2)25(10-11-30-24)36-26-9-6-20(15-23(26)29)31-37(33)21-7-8-21/h6,9-11,15-17,19,21,31H,3-5,7-8,12-14,18H2,1-2H3. The van der Waals surface area contributed by atoms with Crippen LogP contribution >= 0.6 is 0 Å². The molecule has 1 saturated heterocycles. The topological polar surface area (TPSA) is 72.9 Å². The van der Waals surface area contributed by atoms with Gasteiger partial charge in [0.1, 0.15) is 16.7 Å². The highest BCUT2D eigenvalue weighted by atomic mass is 32.2. The first kappa shape index (κ1) is 25.7. The Morgan fingerprint density at radius 1 is 1.11 bits per heavy atom. The number of halogens is 1. The molecular weight excluding hydrogens is 493 g/mol. The number of nitrogens with zero attached hydrogens (tertiary/aromatic N) is 2. The number of anilines is 1. The minimum Gasteiger partial charge on any atom is -0.493 e. The molecule has 1 aliphatic carbocycles. The third-order valence-electron chi connectivity index (χ3n) is 6.80. The average molecular weight is 528 g/mol. The number of hydrogen-bond acceptors (Lipinski definition) is 6. The first-order chi connectivity index (χ1) is 18.0. The largest absolute Gasteiger partial charge is 0.493 e. The van der Waals surface area contributed by atoms with Crippen LogP contribution in [0.4, 0.5) is 10.1 Å². The summed E-state index contributed by atoms with van der Waals surface area (Å²) in [5.74, 6) is 1.93. The van der Waals surface area contributed by atoms with Crippen molar-refractivity contribution in [3.05, 3.63) is 48.4 Å².